The van der Waals surface area contributed by atoms with Crippen molar-refractivity contribution in [2.45, 2.75) is 0 Å². The Bertz CT molecular complexity index is 1360. The van der Waals surface area contributed by atoms with Gasteiger partial charge in [0.1, 0.15) is 5.69 Å². The largest absolute Gasteiger partial charge is 0.236 e. The van der Waals surface area contributed by atoms with E-state index < -0.39 is 0 Å². The first-order valence-electron chi connectivity index (χ1n) is 10.4. The molecule has 3 nitrogen and oxygen atoms in total. The van der Waals surface area contributed by atoms with Crippen LogP contribution in [-0.4, -0.2) is 16.0 Å². The molecule has 32 heavy (non-hydrogen) atoms. The monoisotopic (exact) mass is 433 g/mol. The van der Waals surface area contributed by atoms with E-state index in [0.29, 0.717) is 5.02 Å². The summed E-state index contributed by atoms with van der Waals surface area (Å²) >= 11 is 6.39. The highest BCUT2D eigenvalue weighted by Crippen LogP contribution is 2.40. The number of hydrogen-bond donors (Lipinski definition) is 0. The number of hydrogen-bond acceptors (Lipinski definition) is 2. The quantitative estimate of drug-likeness (QED) is 0.262. The minimum absolute atomic E-state index is 0.659. The highest BCUT2D eigenvalue weighted by atomic mass is 35.5. The van der Waals surface area contributed by atoms with Crippen molar-refractivity contribution in [2.24, 2.45) is 4.99 Å². The summed E-state index contributed by atoms with van der Waals surface area (Å²) in [6.07, 6.45) is 1.81. The summed E-state index contributed by atoms with van der Waals surface area (Å²) in [7, 11) is 0. The molecule has 0 aliphatic heterocycles. The van der Waals surface area contributed by atoms with Gasteiger partial charge < -0.3 is 0 Å². The topological polar surface area (TPSA) is 30.2 Å². The molecule has 0 radical (unpaired) electrons. The Morgan fingerprint density at radius 2 is 1.22 bits per heavy atom. The summed E-state index contributed by atoms with van der Waals surface area (Å²) in [5.74, 6) is 0.751. The van der Waals surface area contributed by atoms with Crippen molar-refractivity contribution < 1.29 is 0 Å². The Morgan fingerprint density at radius 3 is 1.88 bits per heavy atom. The molecule has 0 bridgehead atoms. The van der Waals surface area contributed by atoms with Crippen LogP contribution < -0.4 is 0 Å². The van der Waals surface area contributed by atoms with E-state index in [4.69, 9.17) is 21.7 Å². The second-order valence-corrected chi connectivity index (χ2v) is 7.71. The Kier molecular flexibility index (Phi) is 5.65. The minimum Gasteiger partial charge on any atom is -0.236 e. The second kappa shape index (κ2) is 9.04. The molecule has 0 aliphatic rings. The number of nitrogens with zero attached hydrogens (tertiary/aromatic N) is 3. The van der Waals surface area contributed by atoms with Gasteiger partial charge in [-0.15, -0.1) is 0 Å². The van der Waals surface area contributed by atoms with Crippen LogP contribution in [0.15, 0.2) is 120 Å². The predicted molar refractivity (Wildman–Crippen MR) is 133 cm³/mol. The molecule has 1 aromatic heterocycles. The number of para-hydroxylation sites is 1. The zero-order valence-electron chi connectivity index (χ0n) is 17.3. The number of aliphatic imine (C=N–C) groups is 1. The van der Waals surface area contributed by atoms with Gasteiger partial charge in [0.25, 0.3) is 0 Å². The number of rotatable bonds is 5. The van der Waals surface area contributed by atoms with Gasteiger partial charge in [0.15, 0.2) is 5.82 Å². The Morgan fingerprint density at radius 1 is 0.656 bits per heavy atom. The normalized spacial score (nSPS) is 11.2. The molecular formula is C28H20ClN3. The van der Waals surface area contributed by atoms with Crippen LogP contribution in [0.4, 0.5) is 5.82 Å². The standard InChI is InChI=1S/C28H20ClN3/c29-25-19-11-10-16-23(25)20-30-28-26(21-12-4-1-5-13-21)27(22-14-6-2-7-15-22)31-32(28)24-17-8-3-9-18-24/h1-20H. The van der Waals surface area contributed by atoms with E-state index in [9.17, 15) is 0 Å². The van der Waals surface area contributed by atoms with E-state index in [1.807, 2.05) is 95.7 Å². The Labute approximate surface area is 192 Å². The van der Waals surface area contributed by atoms with Gasteiger partial charge >= 0.3 is 0 Å². The summed E-state index contributed by atoms with van der Waals surface area (Å²) in [5.41, 5.74) is 5.75. The van der Waals surface area contributed by atoms with Gasteiger partial charge in [-0.05, 0) is 23.8 Å². The maximum atomic E-state index is 6.39. The fraction of sp³-hybridized carbons (Fsp3) is 0. The zero-order valence-corrected chi connectivity index (χ0v) is 18.0. The van der Waals surface area contributed by atoms with E-state index in [1.54, 1.807) is 6.21 Å². The summed E-state index contributed by atoms with van der Waals surface area (Å²) in [5, 5.41) is 5.69. The second-order valence-electron chi connectivity index (χ2n) is 7.31. The summed E-state index contributed by atoms with van der Waals surface area (Å²) in [6, 6.07) is 38.2. The molecule has 0 atom stereocenters. The first-order chi connectivity index (χ1) is 15.8. The Hall–Kier alpha value is -3.95. The molecule has 0 unspecified atom stereocenters. The maximum absolute atomic E-state index is 6.39. The van der Waals surface area contributed by atoms with Crippen LogP contribution in [-0.2, 0) is 0 Å². The average molecular weight is 434 g/mol. The molecule has 0 aliphatic carbocycles. The van der Waals surface area contributed by atoms with E-state index >= 15 is 0 Å². The molecule has 154 valence electrons. The highest BCUT2D eigenvalue weighted by molar-refractivity contribution is 6.33. The molecule has 5 aromatic rings. The average Bonchev–Trinajstić information content (AvgIpc) is 3.25. The molecule has 0 spiro atoms. The van der Waals surface area contributed by atoms with Crippen LogP contribution in [0.5, 0.6) is 0 Å². The predicted octanol–water partition coefficient (Wildman–Crippen LogP) is 7.61. The molecule has 4 heteroatoms. The summed E-state index contributed by atoms with van der Waals surface area (Å²) in [4.78, 5) is 4.93. The van der Waals surface area contributed by atoms with Crippen LogP contribution in [0.2, 0.25) is 5.02 Å². The van der Waals surface area contributed by atoms with Gasteiger partial charge in [-0.1, -0.05) is 109 Å². The van der Waals surface area contributed by atoms with Crippen molar-refractivity contribution in [2.75, 3.05) is 0 Å². The van der Waals surface area contributed by atoms with Gasteiger partial charge in [-0.3, -0.25) is 0 Å². The smallest absolute Gasteiger partial charge is 0.164 e. The number of aromatic nitrogens is 2. The lowest BCUT2D eigenvalue weighted by Gasteiger charge is -2.07. The van der Waals surface area contributed by atoms with Gasteiger partial charge in [0.2, 0.25) is 0 Å². The van der Waals surface area contributed by atoms with Crippen molar-refractivity contribution >= 4 is 23.6 Å². The third-order valence-corrected chi connectivity index (χ3v) is 5.55. The van der Waals surface area contributed by atoms with Crippen LogP contribution >= 0.6 is 11.6 Å². The zero-order chi connectivity index (χ0) is 21.8. The molecule has 4 aromatic carbocycles. The molecular weight excluding hydrogens is 414 g/mol. The first-order valence-corrected chi connectivity index (χ1v) is 10.8. The summed E-state index contributed by atoms with van der Waals surface area (Å²) < 4.78 is 1.90. The van der Waals surface area contributed by atoms with Gasteiger partial charge in [0, 0.05) is 22.4 Å². The van der Waals surface area contributed by atoms with E-state index in [1.165, 1.54) is 0 Å². The van der Waals surface area contributed by atoms with Crippen molar-refractivity contribution in [1.29, 1.82) is 0 Å². The molecule has 0 N–H and O–H groups in total. The van der Waals surface area contributed by atoms with Crippen LogP contribution in [0.25, 0.3) is 28.1 Å². The lowest BCUT2D eigenvalue weighted by atomic mass is 10.0. The van der Waals surface area contributed by atoms with Crippen LogP contribution in [0, 0.1) is 0 Å². The first kappa shape index (κ1) is 20.0. The van der Waals surface area contributed by atoms with Crippen molar-refractivity contribution in [3.05, 3.63) is 126 Å². The maximum Gasteiger partial charge on any atom is 0.164 e. The van der Waals surface area contributed by atoms with Gasteiger partial charge in [0.05, 0.1) is 11.3 Å². The highest BCUT2D eigenvalue weighted by Gasteiger charge is 2.21. The van der Waals surface area contributed by atoms with E-state index in [-0.39, 0.29) is 0 Å². The third-order valence-electron chi connectivity index (χ3n) is 5.20. The Balaban J connectivity index is 1.79. The van der Waals surface area contributed by atoms with E-state index in [2.05, 4.69) is 24.3 Å². The molecule has 0 saturated heterocycles. The molecule has 0 amide bonds. The molecule has 0 saturated carbocycles. The summed E-state index contributed by atoms with van der Waals surface area (Å²) in [6.45, 7) is 0. The van der Waals surface area contributed by atoms with Crippen LogP contribution in [0.1, 0.15) is 5.56 Å². The molecule has 1 heterocycles. The SMILES string of the molecule is Clc1ccccc1C=Nc1c(-c2ccccc2)c(-c2ccccc2)nn1-c1ccccc1. The fourth-order valence-electron chi connectivity index (χ4n) is 3.66. The number of halogens is 1. The van der Waals surface area contributed by atoms with Crippen LogP contribution in [0.3, 0.4) is 0 Å². The van der Waals surface area contributed by atoms with Crippen molar-refractivity contribution in [1.82, 2.24) is 9.78 Å². The third kappa shape index (κ3) is 3.98. The fourth-order valence-corrected chi connectivity index (χ4v) is 3.84. The lowest BCUT2D eigenvalue weighted by Crippen LogP contribution is -1.96. The van der Waals surface area contributed by atoms with Crippen molar-refractivity contribution in [3.63, 3.8) is 0 Å². The van der Waals surface area contributed by atoms with Crippen molar-refractivity contribution in [3.8, 4) is 28.1 Å². The molecule has 0 fully saturated rings. The minimum atomic E-state index is 0.659. The lowest BCUT2D eigenvalue weighted by molar-refractivity contribution is 0.885. The molecule has 5 rings (SSSR count). The number of benzene rings is 4. The van der Waals surface area contributed by atoms with Gasteiger partial charge in [-0.2, -0.15) is 5.10 Å². The van der Waals surface area contributed by atoms with E-state index in [0.717, 1.165) is 39.5 Å². The van der Waals surface area contributed by atoms with Gasteiger partial charge in [-0.25, -0.2) is 9.67 Å².